The zero-order chi connectivity index (χ0) is 13.5. The van der Waals surface area contributed by atoms with Gasteiger partial charge in [-0.1, -0.05) is 0 Å². The first kappa shape index (κ1) is 14.2. The van der Waals surface area contributed by atoms with Gasteiger partial charge in [0.2, 0.25) is 0 Å². The lowest BCUT2D eigenvalue weighted by Crippen LogP contribution is -2.19. The molecule has 1 N–H and O–H groups in total. The molecule has 0 amide bonds. The second kappa shape index (κ2) is 6.76. The van der Waals surface area contributed by atoms with Crippen LogP contribution in [0.4, 0.5) is 4.39 Å². The molecule has 0 saturated heterocycles. The molecule has 0 aromatic heterocycles. The van der Waals surface area contributed by atoms with E-state index in [0.717, 1.165) is 12.6 Å². The summed E-state index contributed by atoms with van der Waals surface area (Å²) >= 11 is 0. The molecule has 0 bridgehead atoms. The van der Waals surface area contributed by atoms with Gasteiger partial charge in [0.1, 0.15) is 18.2 Å². The van der Waals surface area contributed by atoms with Crippen LogP contribution in [0.15, 0.2) is 24.3 Å². The smallest absolute Gasteiger partial charge is 0.328 e. The largest absolute Gasteiger partial charge is 0.492 e. The van der Waals surface area contributed by atoms with Gasteiger partial charge in [-0.15, -0.1) is 0 Å². The maximum Gasteiger partial charge on any atom is 0.328 e. The zero-order valence-corrected chi connectivity index (χ0v) is 10.4. The molecule has 98 valence electrons. The van der Waals surface area contributed by atoms with Crippen LogP contribution in [-0.4, -0.2) is 43.2 Å². The van der Waals surface area contributed by atoms with Gasteiger partial charge < -0.3 is 14.7 Å². The Kier molecular flexibility index (Phi) is 5.32. The van der Waals surface area contributed by atoms with Crippen molar-refractivity contribution in [3.63, 3.8) is 0 Å². The summed E-state index contributed by atoms with van der Waals surface area (Å²) < 4.78 is 18.6. The summed E-state index contributed by atoms with van der Waals surface area (Å²) in [5.41, 5.74) is 0.413. The Labute approximate surface area is 105 Å². The van der Waals surface area contributed by atoms with Crippen molar-refractivity contribution in [2.45, 2.75) is 0 Å². The Hall–Kier alpha value is -1.88. The molecule has 0 radical (unpaired) electrons. The summed E-state index contributed by atoms with van der Waals surface area (Å²) in [4.78, 5) is 12.4. The Morgan fingerprint density at radius 3 is 2.83 bits per heavy atom. The van der Waals surface area contributed by atoms with Gasteiger partial charge in [-0.3, -0.25) is 0 Å². The predicted octanol–water partition coefficient (Wildman–Crippen LogP) is 1.86. The van der Waals surface area contributed by atoms with Crippen LogP contribution in [0, 0.1) is 5.82 Å². The van der Waals surface area contributed by atoms with Crippen molar-refractivity contribution in [1.29, 1.82) is 0 Å². The van der Waals surface area contributed by atoms with Crippen molar-refractivity contribution in [1.82, 2.24) is 4.90 Å². The SMILES string of the molecule is CN(C)CCOc1ccc(F)cc1/C=C/C(=O)O. The number of ether oxygens (including phenoxy) is 1. The van der Waals surface area contributed by atoms with Crippen LogP contribution in [0.3, 0.4) is 0 Å². The average Bonchev–Trinajstić information content (AvgIpc) is 2.28. The quantitative estimate of drug-likeness (QED) is 0.786. The molecule has 1 rings (SSSR count). The number of benzene rings is 1. The monoisotopic (exact) mass is 253 g/mol. The molecule has 5 heteroatoms. The second-order valence-electron chi connectivity index (χ2n) is 4.01. The standard InChI is InChI=1S/C13H16FNO3/c1-15(2)7-8-18-12-5-4-11(14)9-10(12)3-6-13(16)17/h3-6,9H,7-8H2,1-2H3,(H,16,17)/b6-3+. The molecule has 4 nitrogen and oxygen atoms in total. The van der Waals surface area contributed by atoms with Crippen LogP contribution in [0.1, 0.15) is 5.56 Å². The van der Waals surface area contributed by atoms with E-state index >= 15 is 0 Å². The summed E-state index contributed by atoms with van der Waals surface area (Å²) in [5, 5.41) is 8.56. The molecule has 1 aromatic rings. The van der Waals surface area contributed by atoms with Crippen LogP contribution in [-0.2, 0) is 4.79 Å². The highest BCUT2D eigenvalue weighted by Crippen LogP contribution is 2.21. The lowest BCUT2D eigenvalue weighted by atomic mass is 10.2. The molecule has 0 saturated carbocycles. The summed E-state index contributed by atoms with van der Waals surface area (Å²) in [5.74, 6) is -1.05. The first-order valence-electron chi connectivity index (χ1n) is 5.47. The molecule has 1 aromatic carbocycles. The number of rotatable bonds is 6. The highest BCUT2D eigenvalue weighted by Gasteiger charge is 2.04. The molecule has 18 heavy (non-hydrogen) atoms. The number of carboxylic acids is 1. The van der Waals surface area contributed by atoms with Gasteiger partial charge >= 0.3 is 5.97 Å². The number of carboxylic acid groups (broad SMARTS) is 1. The fraction of sp³-hybridized carbons (Fsp3) is 0.308. The van der Waals surface area contributed by atoms with Crippen LogP contribution < -0.4 is 4.74 Å². The topological polar surface area (TPSA) is 49.8 Å². The van der Waals surface area contributed by atoms with Crippen molar-refractivity contribution in [2.75, 3.05) is 27.2 Å². The molecule has 0 atom stereocenters. The van der Waals surface area contributed by atoms with Gasteiger partial charge in [0, 0.05) is 18.2 Å². The molecule has 0 fully saturated rings. The van der Waals surface area contributed by atoms with Crippen molar-refractivity contribution >= 4 is 12.0 Å². The van der Waals surface area contributed by atoms with Crippen LogP contribution in [0.5, 0.6) is 5.75 Å². The Morgan fingerprint density at radius 1 is 1.50 bits per heavy atom. The van der Waals surface area contributed by atoms with Gasteiger partial charge in [0.25, 0.3) is 0 Å². The summed E-state index contributed by atoms with van der Waals surface area (Å²) in [6.07, 6.45) is 2.27. The van der Waals surface area contributed by atoms with Crippen LogP contribution in [0.25, 0.3) is 6.08 Å². The fourth-order valence-electron chi connectivity index (χ4n) is 1.28. The Bertz CT molecular complexity index is 444. The third kappa shape index (κ3) is 4.97. The van der Waals surface area contributed by atoms with E-state index in [0.29, 0.717) is 17.9 Å². The number of carbonyl (C=O) groups is 1. The molecule has 0 spiro atoms. The molecular formula is C13H16FNO3. The number of hydrogen-bond donors (Lipinski definition) is 1. The van der Waals surface area contributed by atoms with Gasteiger partial charge in [0.05, 0.1) is 0 Å². The van der Waals surface area contributed by atoms with E-state index in [-0.39, 0.29) is 0 Å². The van der Waals surface area contributed by atoms with E-state index < -0.39 is 11.8 Å². The summed E-state index contributed by atoms with van der Waals surface area (Å²) in [7, 11) is 3.83. The molecular weight excluding hydrogens is 237 g/mol. The minimum atomic E-state index is -1.08. The van der Waals surface area contributed by atoms with Gasteiger partial charge in [-0.05, 0) is 38.4 Å². The first-order valence-corrected chi connectivity index (χ1v) is 5.47. The summed E-state index contributed by atoms with van der Waals surface area (Å²) in [6.45, 7) is 1.17. The minimum absolute atomic E-state index is 0.413. The van der Waals surface area contributed by atoms with Gasteiger partial charge in [-0.25, -0.2) is 9.18 Å². The Morgan fingerprint density at radius 2 is 2.22 bits per heavy atom. The molecule has 0 heterocycles. The number of nitrogens with zero attached hydrogens (tertiary/aromatic N) is 1. The second-order valence-corrected chi connectivity index (χ2v) is 4.01. The van der Waals surface area contributed by atoms with Crippen molar-refractivity contribution in [3.05, 3.63) is 35.7 Å². The van der Waals surface area contributed by atoms with E-state index in [4.69, 9.17) is 9.84 Å². The number of hydrogen-bond acceptors (Lipinski definition) is 3. The molecule has 0 aliphatic heterocycles. The highest BCUT2D eigenvalue weighted by atomic mass is 19.1. The number of likely N-dealkylation sites (N-methyl/N-ethyl adjacent to an activating group) is 1. The predicted molar refractivity (Wildman–Crippen MR) is 67.1 cm³/mol. The van der Waals surface area contributed by atoms with Crippen molar-refractivity contribution in [3.8, 4) is 5.75 Å². The maximum absolute atomic E-state index is 13.1. The van der Waals surface area contributed by atoms with E-state index in [1.807, 2.05) is 19.0 Å². The van der Waals surface area contributed by atoms with Gasteiger partial charge in [0.15, 0.2) is 0 Å². The average molecular weight is 253 g/mol. The van der Waals surface area contributed by atoms with Gasteiger partial charge in [-0.2, -0.15) is 0 Å². The Balaban J connectivity index is 2.79. The third-order valence-corrected chi connectivity index (χ3v) is 2.17. The normalized spacial score (nSPS) is 11.1. The summed E-state index contributed by atoms with van der Waals surface area (Å²) in [6, 6.07) is 4.01. The molecule has 0 unspecified atom stereocenters. The van der Waals surface area contributed by atoms with E-state index in [1.54, 1.807) is 0 Å². The van der Waals surface area contributed by atoms with Crippen molar-refractivity contribution in [2.24, 2.45) is 0 Å². The van der Waals surface area contributed by atoms with E-state index in [2.05, 4.69) is 0 Å². The lowest BCUT2D eigenvalue weighted by molar-refractivity contribution is -0.131. The van der Waals surface area contributed by atoms with E-state index in [1.165, 1.54) is 24.3 Å². The maximum atomic E-state index is 13.1. The third-order valence-electron chi connectivity index (χ3n) is 2.17. The van der Waals surface area contributed by atoms with Crippen LogP contribution in [0.2, 0.25) is 0 Å². The lowest BCUT2D eigenvalue weighted by Gasteiger charge is -2.12. The van der Waals surface area contributed by atoms with Crippen molar-refractivity contribution < 1.29 is 19.0 Å². The molecule has 0 aliphatic carbocycles. The first-order chi connectivity index (χ1) is 8.49. The fourth-order valence-corrected chi connectivity index (χ4v) is 1.28. The van der Waals surface area contributed by atoms with Crippen LogP contribution >= 0.6 is 0 Å². The highest BCUT2D eigenvalue weighted by molar-refractivity contribution is 5.85. The molecule has 0 aliphatic rings. The zero-order valence-electron chi connectivity index (χ0n) is 10.4. The minimum Gasteiger partial charge on any atom is -0.492 e. The van der Waals surface area contributed by atoms with E-state index in [9.17, 15) is 9.18 Å². The number of aliphatic carboxylic acids is 1. The number of halogens is 1.